The number of piperidine rings is 1. The van der Waals surface area contributed by atoms with E-state index in [4.69, 9.17) is 0 Å². The van der Waals surface area contributed by atoms with Crippen LogP contribution in [0.1, 0.15) is 37.6 Å². The highest BCUT2D eigenvalue weighted by molar-refractivity contribution is 7.87. The fraction of sp³-hybridized carbons (Fsp3) is 0.786. The maximum absolute atomic E-state index is 12.2. The molecule has 7 heteroatoms. The second-order valence-electron chi connectivity index (χ2n) is 6.01. The Bertz CT molecular complexity index is 568. The zero-order chi connectivity index (χ0) is 15.5. The third-order valence-corrected chi connectivity index (χ3v) is 5.47. The van der Waals surface area contributed by atoms with Gasteiger partial charge in [-0.25, -0.2) is 4.72 Å². The van der Waals surface area contributed by atoms with Crippen molar-refractivity contribution in [2.45, 2.75) is 46.6 Å². The van der Waals surface area contributed by atoms with Gasteiger partial charge in [0, 0.05) is 31.9 Å². The van der Waals surface area contributed by atoms with Crippen LogP contribution in [0.5, 0.6) is 0 Å². The number of rotatable bonds is 6. The number of aryl methyl sites for hydroxylation is 3. The first-order valence-corrected chi connectivity index (χ1v) is 9.08. The molecule has 2 heterocycles. The van der Waals surface area contributed by atoms with E-state index in [0.29, 0.717) is 25.6 Å². The van der Waals surface area contributed by atoms with E-state index in [1.807, 2.05) is 24.6 Å². The molecule has 1 atom stereocenters. The Morgan fingerprint density at radius 3 is 2.81 bits per heavy atom. The van der Waals surface area contributed by atoms with Crippen LogP contribution in [0.25, 0.3) is 0 Å². The Morgan fingerprint density at radius 2 is 2.19 bits per heavy atom. The SMILES string of the molecule is Cc1cc(C)n(CCCNS(=O)(=O)N2CCC[C@H](C)C2)n1. The third kappa shape index (κ3) is 4.52. The summed E-state index contributed by atoms with van der Waals surface area (Å²) in [5, 5.41) is 4.37. The van der Waals surface area contributed by atoms with E-state index in [1.54, 1.807) is 4.31 Å². The maximum Gasteiger partial charge on any atom is 0.279 e. The zero-order valence-corrected chi connectivity index (χ0v) is 14.0. The van der Waals surface area contributed by atoms with Crippen molar-refractivity contribution in [1.82, 2.24) is 18.8 Å². The van der Waals surface area contributed by atoms with Crippen LogP contribution in [0.2, 0.25) is 0 Å². The van der Waals surface area contributed by atoms with Crippen LogP contribution in [0, 0.1) is 19.8 Å². The molecule has 1 aromatic rings. The molecule has 120 valence electrons. The monoisotopic (exact) mass is 314 g/mol. The Hall–Kier alpha value is -0.920. The zero-order valence-electron chi connectivity index (χ0n) is 13.2. The van der Waals surface area contributed by atoms with E-state index in [-0.39, 0.29) is 0 Å². The van der Waals surface area contributed by atoms with Gasteiger partial charge >= 0.3 is 0 Å². The van der Waals surface area contributed by atoms with E-state index in [2.05, 4.69) is 16.7 Å². The second kappa shape index (κ2) is 6.89. The number of hydrogen-bond donors (Lipinski definition) is 1. The van der Waals surface area contributed by atoms with Gasteiger partial charge in [0.1, 0.15) is 0 Å². The average Bonchev–Trinajstić information content (AvgIpc) is 2.73. The molecule has 0 bridgehead atoms. The lowest BCUT2D eigenvalue weighted by atomic mass is 10.0. The van der Waals surface area contributed by atoms with E-state index >= 15 is 0 Å². The molecule has 1 N–H and O–H groups in total. The van der Waals surface area contributed by atoms with Gasteiger partial charge in [-0.3, -0.25) is 4.68 Å². The lowest BCUT2D eigenvalue weighted by Crippen LogP contribution is -2.45. The Balaban J connectivity index is 1.78. The van der Waals surface area contributed by atoms with Crippen molar-refractivity contribution in [3.05, 3.63) is 17.5 Å². The largest absolute Gasteiger partial charge is 0.279 e. The molecule has 1 aliphatic heterocycles. The van der Waals surface area contributed by atoms with E-state index in [0.717, 1.165) is 37.2 Å². The topological polar surface area (TPSA) is 67.2 Å². The number of nitrogens with zero attached hydrogens (tertiary/aromatic N) is 3. The van der Waals surface area contributed by atoms with Crippen molar-refractivity contribution >= 4 is 10.2 Å². The van der Waals surface area contributed by atoms with Gasteiger partial charge in [0.2, 0.25) is 0 Å². The highest BCUT2D eigenvalue weighted by Gasteiger charge is 2.26. The third-order valence-electron chi connectivity index (χ3n) is 3.89. The summed E-state index contributed by atoms with van der Waals surface area (Å²) in [4.78, 5) is 0. The van der Waals surface area contributed by atoms with Gasteiger partial charge in [-0.05, 0) is 45.1 Å². The van der Waals surface area contributed by atoms with Gasteiger partial charge < -0.3 is 0 Å². The summed E-state index contributed by atoms with van der Waals surface area (Å²) in [7, 11) is -3.32. The quantitative estimate of drug-likeness (QED) is 0.808. The minimum Gasteiger partial charge on any atom is -0.270 e. The van der Waals surface area contributed by atoms with Crippen LogP contribution in [0.15, 0.2) is 6.07 Å². The van der Waals surface area contributed by atoms with Gasteiger partial charge in [0.25, 0.3) is 10.2 Å². The molecule has 0 unspecified atom stereocenters. The molecule has 0 saturated carbocycles. The first-order chi connectivity index (χ1) is 9.88. The molecule has 1 fully saturated rings. The molecule has 2 rings (SSSR count). The Kier molecular flexibility index (Phi) is 5.40. The summed E-state index contributed by atoms with van der Waals surface area (Å²) in [6.45, 7) is 8.53. The Morgan fingerprint density at radius 1 is 1.43 bits per heavy atom. The van der Waals surface area contributed by atoms with Crippen molar-refractivity contribution in [3.8, 4) is 0 Å². The number of nitrogens with one attached hydrogen (secondary N) is 1. The molecule has 0 spiro atoms. The van der Waals surface area contributed by atoms with Crippen molar-refractivity contribution in [2.75, 3.05) is 19.6 Å². The van der Waals surface area contributed by atoms with Crippen LogP contribution >= 0.6 is 0 Å². The van der Waals surface area contributed by atoms with Gasteiger partial charge in [-0.15, -0.1) is 0 Å². The lowest BCUT2D eigenvalue weighted by molar-refractivity contribution is 0.278. The highest BCUT2D eigenvalue weighted by Crippen LogP contribution is 2.17. The summed E-state index contributed by atoms with van der Waals surface area (Å²) in [5.74, 6) is 0.449. The van der Waals surface area contributed by atoms with Gasteiger partial charge in [-0.1, -0.05) is 6.92 Å². The molecule has 0 aromatic carbocycles. The van der Waals surface area contributed by atoms with Crippen LogP contribution < -0.4 is 4.72 Å². The fourth-order valence-electron chi connectivity index (χ4n) is 2.79. The average molecular weight is 314 g/mol. The highest BCUT2D eigenvalue weighted by atomic mass is 32.2. The second-order valence-corrected chi connectivity index (χ2v) is 7.76. The van der Waals surface area contributed by atoms with Crippen molar-refractivity contribution < 1.29 is 8.42 Å². The Labute approximate surface area is 127 Å². The molecule has 0 radical (unpaired) electrons. The summed E-state index contributed by atoms with van der Waals surface area (Å²) in [5.41, 5.74) is 2.11. The predicted molar refractivity (Wildman–Crippen MR) is 83.2 cm³/mol. The summed E-state index contributed by atoms with van der Waals surface area (Å²) in [6.07, 6.45) is 2.81. The number of aromatic nitrogens is 2. The standard InChI is InChI=1S/C14H26N4O2S/c1-12-6-4-8-17(11-12)21(19,20)15-7-5-9-18-14(3)10-13(2)16-18/h10,12,15H,4-9,11H2,1-3H3/t12-/m0/s1. The van der Waals surface area contributed by atoms with Crippen LogP contribution in [-0.4, -0.2) is 42.1 Å². The van der Waals surface area contributed by atoms with Crippen molar-refractivity contribution in [2.24, 2.45) is 5.92 Å². The van der Waals surface area contributed by atoms with Gasteiger partial charge in [0.15, 0.2) is 0 Å². The molecular weight excluding hydrogens is 288 g/mol. The summed E-state index contributed by atoms with van der Waals surface area (Å²) in [6, 6.07) is 2.03. The lowest BCUT2D eigenvalue weighted by Gasteiger charge is -2.29. The predicted octanol–water partition coefficient (Wildman–Crippen LogP) is 1.46. The van der Waals surface area contributed by atoms with Crippen molar-refractivity contribution in [3.63, 3.8) is 0 Å². The van der Waals surface area contributed by atoms with E-state index in [1.165, 1.54) is 0 Å². The molecule has 21 heavy (non-hydrogen) atoms. The molecule has 6 nitrogen and oxygen atoms in total. The fourth-order valence-corrected chi connectivity index (χ4v) is 4.19. The van der Waals surface area contributed by atoms with Crippen LogP contribution in [-0.2, 0) is 16.8 Å². The van der Waals surface area contributed by atoms with Gasteiger partial charge in [-0.2, -0.15) is 17.8 Å². The van der Waals surface area contributed by atoms with Gasteiger partial charge in [0.05, 0.1) is 5.69 Å². The molecule has 1 aromatic heterocycles. The maximum atomic E-state index is 12.2. The normalized spacial score (nSPS) is 20.8. The van der Waals surface area contributed by atoms with Crippen LogP contribution in [0.4, 0.5) is 0 Å². The van der Waals surface area contributed by atoms with E-state index in [9.17, 15) is 8.42 Å². The number of hydrogen-bond acceptors (Lipinski definition) is 3. The minimum absolute atomic E-state index is 0.449. The molecule has 0 amide bonds. The summed E-state index contributed by atoms with van der Waals surface area (Å²) >= 11 is 0. The first kappa shape index (κ1) is 16.5. The molecule has 1 aliphatic rings. The first-order valence-electron chi connectivity index (χ1n) is 7.64. The molecule has 1 saturated heterocycles. The molecule has 0 aliphatic carbocycles. The van der Waals surface area contributed by atoms with Crippen LogP contribution in [0.3, 0.4) is 0 Å². The minimum atomic E-state index is -3.32. The summed E-state index contributed by atoms with van der Waals surface area (Å²) < 4.78 is 30.6. The molecular formula is C14H26N4O2S. The van der Waals surface area contributed by atoms with E-state index < -0.39 is 10.2 Å². The smallest absolute Gasteiger partial charge is 0.270 e. The van der Waals surface area contributed by atoms with Crippen molar-refractivity contribution in [1.29, 1.82) is 0 Å².